The lowest BCUT2D eigenvalue weighted by molar-refractivity contribution is -0.126. The van der Waals surface area contributed by atoms with Gasteiger partial charge in [-0.05, 0) is 18.8 Å². The molecule has 0 spiro atoms. The summed E-state index contributed by atoms with van der Waals surface area (Å²) in [5, 5.41) is 1.81. The summed E-state index contributed by atoms with van der Waals surface area (Å²) in [6, 6.07) is 0. The number of hydrogen-bond acceptors (Lipinski definition) is 3. The molecule has 0 aromatic rings. The number of nitrogens with zero attached hydrogens (tertiary/aromatic N) is 1. The molecule has 1 aliphatic heterocycles. The summed E-state index contributed by atoms with van der Waals surface area (Å²) in [5.41, 5.74) is 2.92. The second-order valence-electron chi connectivity index (χ2n) is 4.21. The molecule has 82 valence electrons. The molecular weight excluding hydrogens is 196 g/mol. The van der Waals surface area contributed by atoms with Gasteiger partial charge < -0.3 is 0 Å². The molecule has 0 aromatic heterocycles. The Balaban J connectivity index is 2.31. The van der Waals surface area contributed by atoms with Crippen molar-refractivity contribution in [1.82, 2.24) is 10.4 Å². The fourth-order valence-corrected chi connectivity index (χ4v) is 1.59. The Hall–Kier alpha value is -0.220. The number of nitrogens with one attached hydrogen (secondary N) is 1. The number of hydrazine groups is 1. The lowest BCUT2D eigenvalue weighted by atomic mass is 10.1. The first-order valence-corrected chi connectivity index (χ1v) is 5.86. The first-order valence-electron chi connectivity index (χ1n) is 5.35. The Morgan fingerprint density at radius 2 is 1.86 bits per heavy atom. The molecule has 14 heavy (non-hydrogen) atoms. The van der Waals surface area contributed by atoms with Gasteiger partial charge in [-0.15, -0.1) is 0 Å². The Bertz CT molecular complexity index is 191. The fraction of sp³-hybridized carbons (Fsp3) is 0.900. The third-order valence-electron chi connectivity index (χ3n) is 2.52. The Kier molecular flexibility index (Phi) is 4.75. The van der Waals surface area contributed by atoms with Gasteiger partial charge >= 0.3 is 0 Å². The van der Waals surface area contributed by atoms with E-state index in [2.05, 4.69) is 18.1 Å². The van der Waals surface area contributed by atoms with E-state index in [4.69, 9.17) is 0 Å². The lowest BCUT2D eigenvalue weighted by Crippen LogP contribution is -2.48. The molecule has 0 aromatic carbocycles. The second kappa shape index (κ2) is 5.61. The molecule has 1 amide bonds. The number of thiol groups is 1. The highest BCUT2D eigenvalue weighted by molar-refractivity contribution is 7.81. The minimum absolute atomic E-state index is 0.0326. The molecule has 1 aliphatic rings. The van der Waals surface area contributed by atoms with Crippen LogP contribution in [-0.4, -0.2) is 29.3 Å². The van der Waals surface area contributed by atoms with Gasteiger partial charge in [0, 0.05) is 13.1 Å². The van der Waals surface area contributed by atoms with Crippen molar-refractivity contribution in [2.75, 3.05) is 13.1 Å². The van der Waals surface area contributed by atoms with Gasteiger partial charge in [-0.2, -0.15) is 12.6 Å². The van der Waals surface area contributed by atoms with Crippen LogP contribution in [0.1, 0.15) is 33.1 Å². The van der Waals surface area contributed by atoms with E-state index in [0.717, 1.165) is 13.1 Å². The maximum absolute atomic E-state index is 11.6. The van der Waals surface area contributed by atoms with E-state index >= 15 is 0 Å². The largest absolute Gasteiger partial charge is 0.288 e. The van der Waals surface area contributed by atoms with Crippen molar-refractivity contribution in [1.29, 1.82) is 0 Å². The summed E-state index contributed by atoms with van der Waals surface area (Å²) >= 11 is 4.28. The fourth-order valence-electron chi connectivity index (χ4n) is 1.53. The summed E-state index contributed by atoms with van der Waals surface area (Å²) in [6.07, 6.45) is 3.64. The average molecular weight is 216 g/mol. The first kappa shape index (κ1) is 11.9. The molecular formula is C10H20N2OS. The van der Waals surface area contributed by atoms with Crippen molar-refractivity contribution in [3.8, 4) is 0 Å². The highest BCUT2D eigenvalue weighted by Gasteiger charge is 2.20. The van der Waals surface area contributed by atoms with Crippen molar-refractivity contribution in [3.63, 3.8) is 0 Å². The first-order chi connectivity index (χ1) is 6.61. The normalized spacial score (nSPS) is 20.9. The van der Waals surface area contributed by atoms with Gasteiger partial charge in [0.25, 0.3) is 0 Å². The van der Waals surface area contributed by atoms with Gasteiger partial charge in [-0.25, -0.2) is 5.01 Å². The van der Waals surface area contributed by atoms with Crippen molar-refractivity contribution in [3.05, 3.63) is 0 Å². The van der Waals surface area contributed by atoms with Crippen molar-refractivity contribution >= 4 is 18.5 Å². The van der Waals surface area contributed by atoms with Gasteiger partial charge in [-0.3, -0.25) is 10.2 Å². The van der Waals surface area contributed by atoms with Crippen LogP contribution in [0.5, 0.6) is 0 Å². The molecule has 1 rings (SSSR count). The lowest BCUT2D eigenvalue weighted by Gasteiger charge is -2.28. The van der Waals surface area contributed by atoms with Crippen LogP contribution in [0.3, 0.4) is 0 Å². The van der Waals surface area contributed by atoms with E-state index < -0.39 is 0 Å². The van der Waals surface area contributed by atoms with Crippen LogP contribution in [0.2, 0.25) is 0 Å². The maximum atomic E-state index is 11.6. The number of piperidine rings is 1. The quantitative estimate of drug-likeness (QED) is 0.700. The minimum Gasteiger partial charge on any atom is -0.288 e. The number of rotatable bonds is 3. The second-order valence-corrected chi connectivity index (χ2v) is 4.77. The van der Waals surface area contributed by atoms with Crippen molar-refractivity contribution < 1.29 is 4.79 Å². The van der Waals surface area contributed by atoms with Crippen LogP contribution in [-0.2, 0) is 4.79 Å². The van der Waals surface area contributed by atoms with E-state index in [1.54, 1.807) is 0 Å². The summed E-state index contributed by atoms with van der Waals surface area (Å²) in [6.45, 7) is 5.97. The van der Waals surface area contributed by atoms with E-state index in [9.17, 15) is 4.79 Å². The zero-order chi connectivity index (χ0) is 10.6. The molecule has 1 fully saturated rings. The van der Waals surface area contributed by atoms with Gasteiger partial charge in [0.1, 0.15) is 0 Å². The molecule has 1 unspecified atom stereocenters. The van der Waals surface area contributed by atoms with Crippen LogP contribution in [0, 0.1) is 5.92 Å². The number of carbonyl (C=O) groups excluding carboxylic acids is 1. The van der Waals surface area contributed by atoms with Gasteiger partial charge in [-0.1, -0.05) is 20.3 Å². The third kappa shape index (κ3) is 3.50. The topological polar surface area (TPSA) is 32.3 Å². The van der Waals surface area contributed by atoms with Crippen LogP contribution >= 0.6 is 12.6 Å². The van der Waals surface area contributed by atoms with Crippen LogP contribution in [0.15, 0.2) is 0 Å². The van der Waals surface area contributed by atoms with Gasteiger partial charge in [0.2, 0.25) is 5.91 Å². The highest BCUT2D eigenvalue weighted by atomic mass is 32.1. The SMILES string of the molecule is CC(C)C(S)C(=O)NN1CCCCC1. The summed E-state index contributed by atoms with van der Waals surface area (Å²) < 4.78 is 0. The Morgan fingerprint density at radius 1 is 1.29 bits per heavy atom. The van der Waals surface area contributed by atoms with Crippen LogP contribution in [0.4, 0.5) is 0 Å². The predicted molar refractivity (Wildman–Crippen MR) is 61.2 cm³/mol. The van der Waals surface area contributed by atoms with E-state index in [1.807, 2.05) is 18.9 Å². The monoisotopic (exact) mass is 216 g/mol. The van der Waals surface area contributed by atoms with Gasteiger partial charge in [0.15, 0.2) is 0 Å². The van der Waals surface area contributed by atoms with Crippen LogP contribution in [0.25, 0.3) is 0 Å². The molecule has 0 saturated carbocycles. The molecule has 3 nitrogen and oxygen atoms in total. The van der Waals surface area contributed by atoms with E-state index in [0.29, 0.717) is 0 Å². The zero-order valence-electron chi connectivity index (χ0n) is 8.99. The van der Waals surface area contributed by atoms with Crippen LogP contribution < -0.4 is 5.43 Å². The third-order valence-corrected chi connectivity index (χ3v) is 3.36. The van der Waals surface area contributed by atoms with E-state index in [1.165, 1.54) is 19.3 Å². The predicted octanol–water partition coefficient (Wildman–Crippen LogP) is 1.46. The average Bonchev–Trinajstić information content (AvgIpc) is 2.18. The van der Waals surface area contributed by atoms with Crippen molar-refractivity contribution in [2.24, 2.45) is 5.92 Å². The standard InChI is InChI=1S/C10H20N2OS/c1-8(2)9(14)10(13)11-12-6-4-3-5-7-12/h8-9,14H,3-7H2,1-2H3,(H,11,13). The molecule has 0 bridgehead atoms. The molecule has 0 aliphatic carbocycles. The smallest absolute Gasteiger partial charge is 0.247 e. The Morgan fingerprint density at radius 3 is 2.36 bits per heavy atom. The molecule has 4 heteroatoms. The minimum atomic E-state index is -0.197. The molecule has 1 atom stereocenters. The van der Waals surface area contributed by atoms with Gasteiger partial charge in [0.05, 0.1) is 5.25 Å². The maximum Gasteiger partial charge on any atom is 0.247 e. The molecule has 1 heterocycles. The number of carbonyl (C=O) groups is 1. The van der Waals surface area contributed by atoms with E-state index in [-0.39, 0.29) is 17.1 Å². The molecule has 0 radical (unpaired) electrons. The molecule has 1 saturated heterocycles. The molecule has 1 N–H and O–H groups in total. The number of hydrogen-bond donors (Lipinski definition) is 2. The van der Waals surface area contributed by atoms with Crippen molar-refractivity contribution in [2.45, 2.75) is 38.4 Å². The number of amides is 1. The summed E-state index contributed by atoms with van der Waals surface area (Å²) in [7, 11) is 0. The summed E-state index contributed by atoms with van der Waals surface area (Å²) in [5.74, 6) is 0.313. The Labute approximate surface area is 91.6 Å². The zero-order valence-corrected chi connectivity index (χ0v) is 9.89. The highest BCUT2D eigenvalue weighted by Crippen LogP contribution is 2.10. The summed E-state index contributed by atoms with van der Waals surface area (Å²) in [4.78, 5) is 11.6.